The van der Waals surface area contributed by atoms with Gasteiger partial charge in [-0.2, -0.15) is 0 Å². The highest BCUT2D eigenvalue weighted by atomic mass is 16.5. The van der Waals surface area contributed by atoms with Crippen molar-refractivity contribution in [1.29, 1.82) is 0 Å². The number of hydrogen-bond donors (Lipinski definition) is 1. The molecule has 4 nitrogen and oxygen atoms in total. The van der Waals surface area contributed by atoms with Crippen LogP contribution in [0.4, 0.5) is 0 Å². The summed E-state index contributed by atoms with van der Waals surface area (Å²) in [5.74, 6) is 1.01. The lowest BCUT2D eigenvalue weighted by molar-refractivity contribution is 0.215. The molecule has 0 radical (unpaired) electrons. The van der Waals surface area contributed by atoms with E-state index in [0.717, 1.165) is 48.3 Å². The summed E-state index contributed by atoms with van der Waals surface area (Å²) in [6.45, 7) is 3.88. The molecule has 1 aliphatic rings. The molecule has 104 valence electrons. The molecule has 0 fully saturated rings. The number of para-hydroxylation sites is 1. The highest BCUT2D eigenvalue weighted by Crippen LogP contribution is 2.30. The normalized spacial score (nSPS) is 15.9. The van der Waals surface area contributed by atoms with Gasteiger partial charge in [0.05, 0.1) is 23.7 Å². The van der Waals surface area contributed by atoms with Crippen LogP contribution in [-0.2, 0) is 4.74 Å². The van der Waals surface area contributed by atoms with Crippen LogP contribution in [0.15, 0.2) is 42.4 Å². The molecular weight excluding hydrogens is 250 g/mol. The Morgan fingerprint density at radius 3 is 3.00 bits per heavy atom. The number of rotatable bonds is 5. The summed E-state index contributed by atoms with van der Waals surface area (Å²) in [4.78, 5) is 8.88. The molecule has 0 saturated heterocycles. The maximum absolute atomic E-state index is 5.77. The van der Waals surface area contributed by atoms with E-state index in [-0.39, 0.29) is 6.04 Å². The minimum atomic E-state index is 0.0675. The van der Waals surface area contributed by atoms with E-state index < -0.39 is 0 Å². The standard InChI is InChI=1S/C16H19N3O/c1-2-8-18-16(14-7-4-11-20-14)12-5-3-6-13-15(12)19-10-9-17-13/h3,5-7,9-10,16,18H,2,4,8,11H2,1H3. The Bertz CT molecular complexity index is 619. The molecule has 1 aromatic heterocycles. The van der Waals surface area contributed by atoms with E-state index in [0.29, 0.717) is 0 Å². The van der Waals surface area contributed by atoms with Crippen molar-refractivity contribution in [3.63, 3.8) is 0 Å². The summed E-state index contributed by atoms with van der Waals surface area (Å²) in [6.07, 6.45) is 7.71. The van der Waals surface area contributed by atoms with E-state index in [1.807, 2.05) is 12.1 Å². The predicted octanol–water partition coefficient (Wildman–Crippen LogP) is 2.97. The van der Waals surface area contributed by atoms with Crippen LogP contribution in [0.3, 0.4) is 0 Å². The molecular formula is C16H19N3O. The van der Waals surface area contributed by atoms with Gasteiger partial charge in [-0.15, -0.1) is 0 Å². The van der Waals surface area contributed by atoms with E-state index >= 15 is 0 Å². The third-order valence-electron chi connectivity index (χ3n) is 3.46. The van der Waals surface area contributed by atoms with Crippen molar-refractivity contribution in [1.82, 2.24) is 15.3 Å². The predicted molar refractivity (Wildman–Crippen MR) is 79.2 cm³/mol. The average molecular weight is 269 g/mol. The van der Waals surface area contributed by atoms with Crippen LogP contribution in [0, 0.1) is 0 Å². The number of nitrogens with one attached hydrogen (secondary N) is 1. The van der Waals surface area contributed by atoms with Crippen molar-refractivity contribution in [3.8, 4) is 0 Å². The summed E-state index contributed by atoms with van der Waals surface area (Å²) >= 11 is 0. The molecule has 0 bridgehead atoms. The maximum atomic E-state index is 5.77. The average Bonchev–Trinajstić information content (AvgIpc) is 3.02. The van der Waals surface area contributed by atoms with Crippen molar-refractivity contribution >= 4 is 11.0 Å². The lowest BCUT2D eigenvalue weighted by Gasteiger charge is -2.21. The molecule has 2 aromatic rings. The number of hydrogen-bond acceptors (Lipinski definition) is 4. The van der Waals surface area contributed by atoms with Gasteiger partial charge in [0.15, 0.2) is 0 Å². The van der Waals surface area contributed by atoms with E-state index in [4.69, 9.17) is 4.74 Å². The Kier molecular flexibility index (Phi) is 3.92. The first kappa shape index (κ1) is 13.1. The molecule has 0 amide bonds. The Morgan fingerprint density at radius 2 is 2.20 bits per heavy atom. The number of benzene rings is 1. The molecule has 1 unspecified atom stereocenters. The van der Waals surface area contributed by atoms with Crippen LogP contribution in [0.5, 0.6) is 0 Å². The number of nitrogens with zero attached hydrogens (tertiary/aromatic N) is 2. The molecule has 1 aliphatic heterocycles. The highest BCUT2D eigenvalue weighted by Gasteiger charge is 2.22. The molecule has 1 N–H and O–H groups in total. The summed E-state index contributed by atoms with van der Waals surface area (Å²) in [7, 11) is 0. The second kappa shape index (κ2) is 6.01. The van der Waals surface area contributed by atoms with Gasteiger partial charge in [-0.1, -0.05) is 19.1 Å². The fraction of sp³-hybridized carbons (Fsp3) is 0.375. The Morgan fingerprint density at radius 1 is 1.30 bits per heavy atom. The zero-order valence-electron chi connectivity index (χ0n) is 11.7. The second-order valence-electron chi connectivity index (χ2n) is 4.90. The van der Waals surface area contributed by atoms with Crippen molar-refractivity contribution in [3.05, 3.63) is 48.0 Å². The quantitative estimate of drug-likeness (QED) is 0.906. The maximum Gasteiger partial charge on any atom is 0.114 e. The molecule has 3 rings (SSSR count). The van der Waals surface area contributed by atoms with Gasteiger partial charge < -0.3 is 10.1 Å². The molecule has 0 aliphatic carbocycles. The summed E-state index contributed by atoms with van der Waals surface area (Å²) in [6, 6.07) is 6.19. The Labute approximate surface area is 118 Å². The molecule has 0 spiro atoms. The van der Waals surface area contributed by atoms with Gasteiger partial charge in [0.25, 0.3) is 0 Å². The Hall–Kier alpha value is -1.94. The van der Waals surface area contributed by atoms with Crippen LogP contribution < -0.4 is 5.32 Å². The van der Waals surface area contributed by atoms with Gasteiger partial charge in [-0.25, -0.2) is 0 Å². The number of aromatic nitrogens is 2. The van der Waals surface area contributed by atoms with Gasteiger partial charge in [0.2, 0.25) is 0 Å². The van der Waals surface area contributed by atoms with Gasteiger partial charge in [-0.05, 0) is 25.1 Å². The third-order valence-corrected chi connectivity index (χ3v) is 3.46. The van der Waals surface area contributed by atoms with Gasteiger partial charge in [0, 0.05) is 24.4 Å². The van der Waals surface area contributed by atoms with Gasteiger partial charge >= 0.3 is 0 Å². The van der Waals surface area contributed by atoms with Crippen LogP contribution in [0.1, 0.15) is 31.4 Å². The monoisotopic (exact) mass is 269 g/mol. The van der Waals surface area contributed by atoms with Crippen molar-refractivity contribution in [2.24, 2.45) is 0 Å². The molecule has 1 atom stereocenters. The minimum Gasteiger partial charge on any atom is -0.496 e. The molecule has 4 heteroatoms. The lowest BCUT2D eigenvalue weighted by atomic mass is 10.0. The largest absolute Gasteiger partial charge is 0.496 e. The number of fused-ring (bicyclic) bond motifs is 1. The second-order valence-corrected chi connectivity index (χ2v) is 4.90. The highest BCUT2D eigenvalue weighted by molar-refractivity contribution is 5.78. The lowest BCUT2D eigenvalue weighted by Crippen LogP contribution is -2.24. The van der Waals surface area contributed by atoms with Crippen molar-refractivity contribution in [2.75, 3.05) is 13.2 Å². The van der Waals surface area contributed by atoms with Gasteiger partial charge in [-0.3, -0.25) is 9.97 Å². The van der Waals surface area contributed by atoms with E-state index in [9.17, 15) is 0 Å². The summed E-state index contributed by atoms with van der Waals surface area (Å²) in [5, 5.41) is 3.56. The fourth-order valence-corrected chi connectivity index (χ4v) is 2.54. The molecule has 0 saturated carbocycles. The summed E-state index contributed by atoms with van der Waals surface area (Å²) < 4.78 is 5.77. The summed E-state index contributed by atoms with van der Waals surface area (Å²) in [5.41, 5.74) is 3.00. The van der Waals surface area contributed by atoms with E-state index in [2.05, 4.69) is 34.4 Å². The van der Waals surface area contributed by atoms with Crippen LogP contribution >= 0.6 is 0 Å². The zero-order valence-corrected chi connectivity index (χ0v) is 11.7. The zero-order chi connectivity index (χ0) is 13.8. The smallest absolute Gasteiger partial charge is 0.114 e. The Balaban J connectivity index is 2.04. The first-order chi connectivity index (χ1) is 9.90. The van der Waals surface area contributed by atoms with Crippen molar-refractivity contribution < 1.29 is 4.74 Å². The molecule has 1 aromatic carbocycles. The van der Waals surface area contributed by atoms with Crippen molar-refractivity contribution in [2.45, 2.75) is 25.8 Å². The van der Waals surface area contributed by atoms with Crippen LogP contribution in [0.2, 0.25) is 0 Å². The SMILES string of the molecule is CCCNC(C1=CCCO1)c1cccc2nccnc12. The van der Waals surface area contributed by atoms with Gasteiger partial charge in [0.1, 0.15) is 5.76 Å². The first-order valence-electron chi connectivity index (χ1n) is 7.16. The third kappa shape index (κ3) is 2.51. The van der Waals surface area contributed by atoms with E-state index in [1.54, 1.807) is 12.4 Å². The fourth-order valence-electron chi connectivity index (χ4n) is 2.54. The van der Waals surface area contributed by atoms with E-state index in [1.165, 1.54) is 0 Å². The molecule has 2 heterocycles. The number of ether oxygens (including phenoxy) is 1. The first-order valence-corrected chi connectivity index (χ1v) is 7.16. The topological polar surface area (TPSA) is 47.0 Å². The molecule has 20 heavy (non-hydrogen) atoms. The van der Waals surface area contributed by atoms with Crippen LogP contribution in [-0.4, -0.2) is 23.1 Å². The van der Waals surface area contributed by atoms with Crippen LogP contribution in [0.25, 0.3) is 11.0 Å². The minimum absolute atomic E-state index is 0.0675.